The van der Waals surface area contributed by atoms with Crippen LogP contribution in [0.5, 0.6) is 5.75 Å². The third kappa shape index (κ3) is 7.58. The first kappa shape index (κ1) is 26.3. The number of amides is 2. The van der Waals surface area contributed by atoms with Gasteiger partial charge in [0.05, 0.1) is 0 Å². The standard InChI is InChI=1S/C24H29Cl3N2O3/c1-4-6-11-28-24(31)22(5-2)29(14-17-7-8-18(25)13-21(17)27)23(30)15-32-19-9-10-20(26)16(3)12-19/h7-10,12-13,22H,4-6,11,14-15H2,1-3H3,(H,28,31)/t22-/m0/s1. The predicted molar refractivity (Wildman–Crippen MR) is 131 cm³/mol. The highest BCUT2D eigenvalue weighted by Gasteiger charge is 2.29. The Balaban J connectivity index is 2.23. The summed E-state index contributed by atoms with van der Waals surface area (Å²) in [6, 6.07) is 9.63. The number of halogens is 3. The van der Waals surface area contributed by atoms with E-state index in [0.29, 0.717) is 39.3 Å². The molecule has 174 valence electrons. The Bertz CT molecular complexity index is 937. The van der Waals surface area contributed by atoms with Gasteiger partial charge < -0.3 is 15.0 Å². The van der Waals surface area contributed by atoms with Crippen LogP contribution < -0.4 is 10.1 Å². The summed E-state index contributed by atoms with van der Waals surface area (Å²) in [5.41, 5.74) is 1.55. The Kier molecular flexibility index (Phi) is 10.6. The first-order chi connectivity index (χ1) is 15.3. The average molecular weight is 500 g/mol. The number of aryl methyl sites for hydroxylation is 1. The van der Waals surface area contributed by atoms with E-state index in [0.717, 1.165) is 18.4 Å². The summed E-state index contributed by atoms with van der Waals surface area (Å²) < 4.78 is 5.71. The van der Waals surface area contributed by atoms with Gasteiger partial charge in [0, 0.05) is 28.2 Å². The van der Waals surface area contributed by atoms with Crippen LogP contribution in [0.1, 0.15) is 44.2 Å². The van der Waals surface area contributed by atoms with Crippen LogP contribution in [-0.2, 0) is 16.1 Å². The Morgan fingerprint density at radius 1 is 1.06 bits per heavy atom. The minimum atomic E-state index is -0.651. The summed E-state index contributed by atoms with van der Waals surface area (Å²) in [5, 5.41) is 4.49. The van der Waals surface area contributed by atoms with Gasteiger partial charge in [0.15, 0.2) is 6.61 Å². The van der Waals surface area contributed by atoms with Gasteiger partial charge in [-0.05, 0) is 61.2 Å². The third-order valence-corrected chi connectivity index (χ3v) is 6.07. The number of hydrogen-bond acceptors (Lipinski definition) is 3. The van der Waals surface area contributed by atoms with Crippen molar-refractivity contribution in [1.29, 1.82) is 0 Å². The van der Waals surface area contributed by atoms with E-state index in [1.54, 1.807) is 36.4 Å². The van der Waals surface area contributed by atoms with Gasteiger partial charge in [0.2, 0.25) is 5.91 Å². The Labute approximate surface area is 205 Å². The number of carbonyl (C=O) groups is 2. The van der Waals surface area contributed by atoms with Gasteiger partial charge in [-0.2, -0.15) is 0 Å². The summed E-state index contributed by atoms with van der Waals surface area (Å²) in [7, 11) is 0. The molecule has 0 spiro atoms. The summed E-state index contributed by atoms with van der Waals surface area (Å²) in [6.45, 7) is 6.30. The molecule has 32 heavy (non-hydrogen) atoms. The van der Waals surface area contributed by atoms with Gasteiger partial charge in [-0.1, -0.05) is 61.1 Å². The lowest BCUT2D eigenvalue weighted by atomic mass is 10.1. The zero-order chi connectivity index (χ0) is 23.7. The largest absolute Gasteiger partial charge is 0.484 e. The average Bonchev–Trinajstić information content (AvgIpc) is 2.75. The molecule has 0 fully saturated rings. The molecule has 0 aromatic heterocycles. The zero-order valence-corrected chi connectivity index (χ0v) is 20.9. The number of rotatable bonds is 11. The summed E-state index contributed by atoms with van der Waals surface area (Å²) in [5.74, 6) is 0.0213. The highest BCUT2D eigenvalue weighted by Crippen LogP contribution is 2.24. The molecule has 0 aliphatic heterocycles. The van der Waals surface area contributed by atoms with E-state index in [1.807, 2.05) is 13.8 Å². The summed E-state index contributed by atoms with van der Waals surface area (Å²) in [4.78, 5) is 27.6. The SMILES string of the molecule is CCCCNC(=O)[C@H](CC)N(Cc1ccc(Cl)cc1Cl)C(=O)COc1ccc(Cl)c(C)c1. The lowest BCUT2D eigenvalue weighted by Crippen LogP contribution is -2.50. The molecule has 5 nitrogen and oxygen atoms in total. The molecule has 1 N–H and O–H groups in total. The molecule has 0 heterocycles. The first-order valence-electron chi connectivity index (χ1n) is 10.7. The van der Waals surface area contributed by atoms with Crippen molar-refractivity contribution in [2.75, 3.05) is 13.2 Å². The van der Waals surface area contributed by atoms with Gasteiger partial charge in [-0.25, -0.2) is 0 Å². The number of nitrogens with zero attached hydrogens (tertiary/aromatic N) is 1. The number of carbonyl (C=O) groups excluding carboxylic acids is 2. The molecule has 0 bridgehead atoms. The van der Waals surface area contributed by atoms with Crippen molar-refractivity contribution in [1.82, 2.24) is 10.2 Å². The van der Waals surface area contributed by atoms with Gasteiger partial charge >= 0.3 is 0 Å². The normalized spacial score (nSPS) is 11.7. The van der Waals surface area contributed by atoms with E-state index in [9.17, 15) is 9.59 Å². The Morgan fingerprint density at radius 2 is 1.81 bits per heavy atom. The fraction of sp³-hybridized carbons (Fsp3) is 0.417. The molecule has 2 aromatic carbocycles. The van der Waals surface area contributed by atoms with E-state index >= 15 is 0 Å². The molecule has 0 radical (unpaired) electrons. The quantitative estimate of drug-likeness (QED) is 0.382. The van der Waals surface area contributed by atoms with Gasteiger partial charge in [-0.15, -0.1) is 0 Å². The van der Waals surface area contributed by atoms with Crippen molar-refractivity contribution in [3.63, 3.8) is 0 Å². The van der Waals surface area contributed by atoms with Crippen LogP contribution in [0, 0.1) is 6.92 Å². The molecule has 2 rings (SSSR count). The smallest absolute Gasteiger partial charge is 0.261 e. The molecular formula is C24H29Cl3N2O3. The fourth-order valence-electron chi connectivity index (χ4n) is 3.19. The second-order valence-electron chi connectivity index (χ2n) is 7.53. The minimum absolute atomic E-state index is 0.164. The van der Waals surface area contributed by atoms with E-state index < -0.39 is 6.04 Å². The maximum Gasteiger partial charge on any atom is 0.261 e. The molecule has 2 amide bonds. The zero-order valence-electron chi connectivity index (χ0n) is 18.6. The molecule has 1 atom stereocenters. The number of unbranched alkanes of at least 4 members (excludes halogenated alkanes) is 1. The van der Waals surface area contributed by atoms with Crippen LogP contribution in [0.2, 0.25) is 15.1 Å². The number of hydrogen-bond donors (Lipinski definition) is 1. The van der Waals surface area contributed by atoms with Crippen molar-refractivity contribution in [2.24, 2.45) is 0 Å². The maximum absolute atomic E-state index is 13.2. The fourth-order valence-corrected chi connectivity index (χ4v) is 3.78. The highest BCUT2D eigenvalue weighted by atomic mass is 35.5. The maximum atomic E-state index is 13.2. The van der Waals surface area contributed by atoms with Crippen LogP contribution in [0.15, 0.2) is 36.4 Å². The molecule has 0 aliphatic rings. The lowest BCUT2D eigenvalue weighted by molar-refractivity contribution is -0.143. The van der Waals surface area contributed by atoms with Crippen molar-refractivity contribution >= 4 is 46.6 Å². The van der Waals surface area contributed by atoms with Crippen LogP contribution in [-0.4, -0.2) is 35.9 Å². The topological polar surface area (TPSA) is 58.6 Å². The van der Waals surface area contributed by atoms with Crippen molar-refractivity contribution in [3.8, 4) is 5.75 Å². The highest BCUT2D eigenvalue weighted by molar-refractivity contribution is 6.35. The van der Waals surface area contributed by atoms with E-state index in [4.69, 9.17) is 39.5 Å². The van der Waals surface area contributed by atoms with Gasteiger partial charge in [0.1, 0.15) is 11.8 Å². The van der Waals surface area contributed by atoms with Crippen molar-refractivity contribution in [3.05, 3.63) is 62.6 Å². The molecule has 0 saturated carbocycles. The Morgan fingerprint density at radius 3 is 2.44 bits per heavy atom. The van der Waals surface area contributed by atoms with E-state index in [2.05, 4.69) is 12.2 Å². The monoisotopic (exact) mass is 498 g/mol. The minimum Gasteiger partial charge on any atom is -0.484 e. The van der Waals surface area contributed by atoms with E-state index in [1.165, 1.54) is 4.90 Å². The summed E-state index contributed by atoms with van der Waals surface area (Å²) in [6.07, 6.45) is 2.29. The van der Waals surface area contributed by atoms with Crippen molar-refractivity contribution in [2.45, 2.75) is 52.6 Å². The van der Waals surface area contributed by atoms with Crippen molar-refractivity contribution < 1.29 is 14.3 Å². The lowest BCUT2D eigenvalue weighted by Gasteiger charge is -2.31. The predicted octanol–water partition coefficient (Wildman–Crippen LogP) is 6.06. The first-order valence-corrected chi connectivity index (χ1v) is 11.8. The Hall–Kier alpha value is -1.95. The van der Waals surface area contributed by atoms with Crippen LogP contribution >= 0.6 is 34.8 Å². The molecule has 0 saturated heterocycles. The molecule has 0 unspecified atom stereocenters. The molecule has 2 aromatic rings. The second kappa shape index (κ2) is 12.9. The third-order valence-electron chi connectivity index (χ3n) is 5.06. The molecule has 0 aliphatic carbocycles. The molecule has 8 heteroatoms. The van der Waals surface area contributed by atoms with Crippen LogP contribution in [0.3, 0.4) is 0 Å². The van der Waals surface area contributed by atoms with Crippen LogP contribution in [0.25, 0.3) is 0 Å². The van der Waals surface area contributed by atoms with Crippen LogP contribution in [0.4, 0.5) is 0 Å². The van der Waals surface area contributed by atoms with Gasteiger partial charge in [0.25, 0.3) is 5.91 Å². The second-order valence-corrected chi connectivity index (χ2v) is 8.78. The molecular weight excluding hydrogens is 471 g/mol. The number of ether oxygens (including phenoxy) is 1. The van der Waals surface area contributed by atoms with E-state index in [-0.39, 0.29) is 25.0 Å². The number of nitrogens with one attached hydrogen (secondary N) is 1. The van der Waals surface area contributed by atoms with Gasteiger partial charge in [-0.3, -0.25) is 9.59 Å². The number of benzene rings is 2. The summed E-state index contributed by atoms with van der Waals surface area (Å²) >= 11 is 18.4.